The predicted molar refractivity (Wildman–Crippen MR) is 91.2 cm³/mol. The first kappa shape index (κ1) is 12.4. The van der Waals surface area contributed by atoms with Crippen molar-refractivity contribution in [3.05, 3.63) is 60.7 Å². The Labute approximate surface area is 132 Å². The highest BCUT2D eigenvalue weighted by molar-refractivity contribution is 6.16. The van der Waals surface area contributed by atoms with E-state index in [-0.39, 0.29) is 0 Å². The third kappa shape index (κ3) is 1.60. The molecule has 0 amide bonds. The summed E-state index contributed by atoms with van der Waals surface area (Å²) in [5.74, 6) is 1.69. The Kier molecular flexibility index (Phi) is 2.39. The molecule has 0 aliphatic carbocycles. The van der Waals surface area contributed by atoms with Gasteiger partial charge in [0.15, 0.2) is 11.5 Å². The summed E-state index contributed by atoms with van der Waals surface area (Å²) >= 11 is 0. The molecule has 5 rings (SSSR count). The quantitative estimate of drug-likeness (QED) is 0.491. The van der Waals surface area contributed by atoms with E-state index in [2.05, 4.69) is 51.0 Å². The molecule has 4 nitrogen and oxygen atoms in total. The van der Waals surface area contributed by atoms with Crippen LogP contribution in [0.15, 0.2) is 60.7 Å². The smallest absolute Gasteiger partial charge is 0.169 e. The van der Waals surface area contributed by atoms with Crippen LogP contribution in [0.1, 0.15) is 0 Å². The van der Waals surface area contributed by atoms with Crippen molar-refractivity contribution >= 4 is 27.3 Å². The van der Waals surface area contributed by atoms with Crippen molar-refractivity contribution in [2.75, 3.05) is 7.11 Å². The van der Waals surface area contributed by atoms with E-state index in [1.807, 2.05) is 24.3 Å². The first-order valence-electron chi connectivity index (χ1n) is 7.49. The summed E-state index contributed by atoms with van der Waals surface area (Å²) in [4.78, 5) is 0. The normalized spacial score (nSPS) is 11.7. The van der Waals surface area contributed by atoms with Crippen molar-refractivity contribution in [3.8, 4) is 17.1 Å². The summed E-state index contributed by atoms with van der Waals surface area (Å²) in [6.45, 7) is 0. The van der Waals surface area contributed by atoms with Crippen LogP contribution in [0.5, 0.6) is 5.75 Å². The minimum atomic E-state index is 0.834. The summed E-state index contributed by atoms with van der Waals surface area (Å²) in [7, 11) is 1.67. The Bertz CT molecular complexity index is 1140. The topological polar surface area (TPSA) is 39.4 Å². The van der Waals surface area contributed by atoms with E-state index in [0.29, 0.717) is 0 Å². The molecular weight excluding hydrogens is 286 g/mol. The van der Waals surface area contributed by atoms with Crippen molar-refractivity contribution < 1.29 is 4.74 Å². The van der Waals surface area contributed by atoms with E-state index < -0.39 is 0 Å². The lowest BCUT2D eigenvalue weighted by Crippen LogP contribution is -1.89. The molecule has 0 spiro atoms. The number of hydrogen-bond acceptors (Lipinski definition) is 3. The highest BCUT2D eigenvalue weighted by atomic mass is 16.5. The summed E-state index contributed by atoms with van der Waals surface area (Å²) in [5, 5.41) is 12.5. The van der Waals surface area contributed by atoms with Gasteiger partial charge in [0.05, 0.1) is 12.6 Å². The van der Waals surface area contributed by atoms with E-state index in [0.717, 1.165) is 33.7 Å². The predicted octanol–water partition coefficient (Wildman–Crippen LogP) is 4.15. The monoisotopic (exact) mass is 299 g/mol. The molecule has 0 aliphatic heterocycles. The van der Waals surface area contributed by atoms with E-state index in [1.165, 1.54) is 10.8 Å². The summed E-state index contributed by atoms with van der Waals surface area (Å²) in [6.07, 6.45) is 0. The van der Waals surface area contributed by atoms with Gasteiger partial charge in [-0.05, 0) is 35.7 Å². The lowest BCUT2D eigenvalue weighted by Gasteiger charge is -2.02. The van der Waals surface area contributed by atoms with Crippen molar-refractivity contribution in [1.82, 2.24) is 14.6 Å². The van der Waals surface area contributed by atoms with E-state index in [9.17, 15) is 0 Å². The van der Waals surface area contributed by atoms with Crippen molar-refractivity contribution in [3.63, 3.8) is 0 Å². The summed E-state index contributed by atoms with van der Waals surface area (Å²) < 4.78 is 7.37. The molecule has 23 heavy (non-hydrogen) atoms. The largest absolute Gasteiger partial charge is 0.497 e. The van der Waals surface area contributed by atoms with Gasteiger partial charge >= 0.3 is 0 Å². The molecule has 0 saturated heterocycles. The second-order valence-corrected chi connectivity index (χ2v) is 5.59. The van der Waals surface area contributed by atoms with E-state index in [1.54, 1.807) is 7.11 Å². The number of aromatic nitrogens is 3. The molecule has 0 atom stereocenters. The lowest BCUT2D eigenvalue weighted by molar-refractivity contribution is 0.415. The number of methoxy groups -OCH3 is 1. The summed E-state index contributed by atoms with van der Waals surface area (Å²) in [5.41, 5.74) is 3.07. The van der Waals surface area contributed by atoms with Gasteiger partial charge in [-0.15, -0.1) is 10.2 Å². The second-order valence-electron chi connectivity index (χ2n) is 5.59. The first-order chi connectivity index (χ1) is 11.4. The minimum Gasteiger partial charge on any atom is -0.497 e. The Hall–Kier alpha value is -3.14. The van der Waals surface area contributed by atoms with Crippen LogP contribution in [0.4, 0.5) is 0 Å². The highest BCUT2D eigenvalue weighted by Crippen LogP contribution is 2.34. The molecular formula is C19H13N3O. The molecule has 2 heterocycles. The SMILES string of the molecule is COc1ccc(-c2nnc3c4cccc5cccc(c54)n23)cc1. The molecule has 0 N–H and O–H groups in total. The summed E-state index contributed by atoms with van der Waals surface area (Å²) in [6, 6.07) is 20.6. The lowest BCUT2D eigenvalue weighted by atomic mass is 10.1. The van der Waals surface area contributed by atoms with Crippen LogP contribution in [0.2, 0.25) is 0 Å². The number of ether oxygens (including phenoxy) is 1. The van der Waals surface area contributed by atoms with Gasteiger partial charge in [0.1, 0.15) is 5.75 Å². The Morgan fingerprint density at radius 1 is 0.870 bits per heavy atom. The maximum atomic E-state index is 5.23. The van der Waals surface area contributed by atoms with Gasteiger partial charge in [0.25, 0.3) is 0 Å². The van der Waals surface area contributed by atoms with Gasteiger partial charge in [-0.1, -0.05) is 30.3 Å². The van der Waals surface area contributed by atoms with Crippen LogP contribution >= 0.6 is 0 Å². The van der Waals surface area contributed by atoms with Crippen LogP contribution in [0.3, 0.4) is 0 Å². The van der Waals surface area contributed by atoms with Gasteiger partial charge in [-0.2, -0.15) is 0 Å². The van der Waals surface area contributed by atoms with Gasteiger partial charge in [0.2, 0.25) is 0 Å². The fourth-order valence-corrected chi connectivity index (χ4v) is 3.31. The fraction of sp³-hybridized carbons (Fsp3) is 0.0526. The first-order valence-corrected chi connectivity index (χ1v) is 7.49. The maximum absolute atomic E-state index is 5.23. The number of rotatable bonds is 2. The number of benzene rings is 3. The van der Waals surface area contributed by atoms with Crippen molar-refractivity contribution in [2.45, 2.75) is 0 Å². The number of fused-ring (bicyclic) bond motifs is 3. The molecule has 3 aromatic carbocycles. The van der Waals surface area contributed by atoms with Crippen molar-refractivity contribution in [2.24, 2.45) is 0 Å². The van der Waals surface area contributed by atoms with Crippen LogP contribution in [0, 0.1) is 0 Å². The number of nitrogens with zero attached hydrogens (tertiary/aromatic N) is 3. The van der Waals surface area contributed by atoms with Crippen LogP contribution < -0.4 is 4.74 Å². The second kappa shape index (κ2) is 4.43. The molecule has 0 bridgehead atoms. The third-order valence-electron chi connectivity index (χ3n) is 4.38. The average molecular weight is 299 g/mol. The molecule has 2 aromatic heterocycles. The van der Waals surface area contributed by atoms with Gasteiger partial charge < -0.3 is 4.74 Å². The number of hydrogen-bond donors (Lipinski definition) is 0. The van der Waals surface area contributed by atoms with Gasteiger partial charge in [-0.25, -0.2) is 0 Å². The maximum Gasteiger partial charge on any atom is 0.169 e. The molecule has 4 heteroatoms. The van der Waals surface area contributed by atoms with Gasteiger partial charge in [0, 0.05) is 16.3 Å². The zero-order valence-electron chi connectivity index (χ0n) is 12.5. The molecule has 0 fully saturated rings. The molecule has 5 aromatic rings. The third-order valence-corrected chi connectivity index (χ3v) is 4.38. The Balaban J connectivity index is 1.89. The molecule has 0 saturated carbocycles. The van der Waals surface area contributed by atoms with Crippen LogP contribution in [-0.4, -0.2) is 21.7 Å². The van der Waals surface area contributed by atoms with E-state index >= 15 is 0 Å². The van der Waals surface area contributed by atoms with Crippen LogP contribution in [-0.2, 0) is 0 Å². The van der Waals surface area contributed by atoms with Crippen LogP contribution in [0.25, 0.3) is 38.7 Å². The van der Waals surface area contributed by atoms with Gasteiger partial charge in [-0.3, -0.25) is 4.40 Å². The molecule has 0 unspecified atom stereocenters. The minimum absolute atomic E-state index is 0.834. The molecule has 110 valence electrons. The zero-order valence-corrected chi connectivity index (χ0v) is 12.5. The fourth-order valence-electron chi connectivity index (χ4n) is 3.31. The average Bonchev–Trinajstić information content (AvgIpc) is 3.17. The van der Waals surface area contributed by atoms with E-state index in [4.69, 9.17) is 4.74 Å². The molecule has 0 aliphatic rings. The highest BCUT2D eigenvalue weighted by Gasteiger charge is 2.17. The Morgan fingerprint density at radius 3 is 2.43 bits per heavy atom. The van der Waals surface area contributed by atoms with Crippen molar-refractivity contribution in [1.29, 1.82) is 0 Å². The zero-order chi connectivity index (χ0) is 15.4. The Morgan fingerprint density at radius 2 is 1.65 bits per heavy atom. The molecule has 0 radical (unpaired) electrons. The standard InChI is InChI=1S/C19H13N3O/c1-23-14-10-8-13(9-11-14)18-20-21-19-15-6-2-4-12-5-3-7-16(17(12)15)22(18)19/h2-11H,1H3.